The van der Waals surface area contributed by atoms with Crippen molar-refractivity contribution >= 4 is 11.6 Å². The zero-order valence-corrected chi connectivity index (χ0v) is 17.2. The van der Waals surface area contributed by atoms with Crippen LogP contribution in [0.2, 0.25) is 0 Å². The fourth-order valence-electron chi connectivity index (χ4n) is 3.35. The quantitative estimate of drug-likeness (QED) is 0.293. The lowest BCUT2D eigenvalue weighted by molar-refractivity contribution is -0.384. The van der Waals surface area contributed by atoms with Crippen LogP contribution in [0.3, 0.4) is 0 Å². The summed E-state index contributed by atoms with van der Waals surface area (Å²) >= 11 is 0. The molecule has 0 fully saturated rings. The minimum absolute atomic E-state index is 0.0144. The van der Waals surface area contributed by atoms with E-state index in [9.17, 15) is 14.9 Å². The minimum Gasteiger partial charge on any atom is -0.459 e. The Balaban J connectivity index is 1.51. The zero-order chi connectivity index (χ0) is 22.5. The topological polar surface area (TPSA) is 116 Å². The van der Waals surface area contributed by atoms with Crippen LogP contribution in [0, 0.1) is 10.1 Å². The molecule has 0 unspecified atom stereocenters. The fourth-order valence-corrected chi connectivity index (χ4v) is 3.35. The number of amides is 1. The summed E-state index contributed by atoms with van der Waals surface area (Å²) in [6.45, 7) is 2.28. The molecule has 0 radical (unpaired) electrons. The van der Waals surface area contributed by atoms with Crippen molar-refractivity contribution in [1.29, 1.82) is 0 Å². The van der Waals surface area contributed by atoms with Gasteiger partial charge in [0.1, 0.15) is 0 Å². The highest BCUT2D eigenvalue weighted by atomic mass is 16.6. The van der Waals surface area contributed by atoms with Gasteiger partial charge in [-0.2, -0.15) is 4.98 Å². The molecule has 2 aromatic carbocycles. The number of carbonyl (C=O) groups excluding carboxylic acids is 1. The van der Waals surface area contributed by atoms with Crippen molar-refractivity contribution < 1.29 is 18.7 Å². The normalized spacial score (nSPS) is 11.8. The third kappa shape index (κ3) is 4.56. The van der Waals surface area contributed by atoms with Crippen molar-refractivity contribution in [2.24, 2.45) is 0 Å². The second kappa shape index (κ2) is 9.25. The van der Waals surface area contributed by atoms with Crippen LogP contribution in [-0.4, -0.2) is 32.4 Å². The lowest BCUT2D eigenvalue weighted by Gasteiger charge is -2.28. The lowest BCUT2D eigenvalue weighted by atomic mass is 10.1. The smallest absolute Gasteiger partial charge is 0.290 e. The number of rotatable bonds is 8. The molecule has 0 bridgehead atoms. The number of carbonyl (C=O) groups is 1. The van der Waals surface area contributed by atoms with Gasteiger partial charge in [0.25, 0.3) is 11.6 Å². The molecule has 0 saturated heterocycles. The molecule has 0 aliphatic heterocycles. The van der Waals surface area contributed by atoms with E-state index in [2.05, 4.69) is 10.1 Å². The highest BCUT2D eigenvalue weighted by Crippen LogP contribution is 2.24. The first kappa shape index (κ1) is 21.0. The maximum Gasteiger partial charge on any atom is 0.290 e. The molecule has 9 heteroatoms. The van der Waals surface area contributed by atoms with Gasteiger partial charge in [0.05, 0.1) is 17.2 Å². The summed E-state index contributed by atoms with van der Waals surface area (Å²) in [7, 11) is 0. The van der Waals surface area contributed by atoms with Gasteiger partial charge in [-0.15, -0.1) is 0 Å². The number of nitrogens with zero attached hydrogens (tertiary/aromatic N) is 4. The molecule has 32 heavy (non-hydrogen) atoms. The number of nitro groups is 1. The van der Waals surface area contributed by atoms with Gasteiger partial charge in [0.15, 0.2) is 5.76 Å². The summed E-state index contributed by atoms with van der Waals surface area (Å²) < 4.78 is 10.7. The van der Waals surface area contributed by atoms with E-state index < -0.39 is 4.92 Å². The van der Waals surface area contributed by atoms with Gasteiger partial charge >= 0.3 is 0 Å². The maximum absolute atomic E-state index is 13.1. The average molecular weight is 432 g/mol. The van der Waals surface area contributed by atoms with Crippen LogP contribution in [0.5, 0.6) is 0 Å². The molecule has 0 N–H and O–H groups in total. The van der Waals surface area contributed by atoms with E-state index in [1.165, 1.54) is 18.4 Å². The van der Waals surface area contributed by atoms with Crippen molar-refractivity contribution in [2.75, 3.05) is 6.54 Å². The van der Waals surface area contributed by atoms with Crippen LogP contribution >= 0.6 is 0 Å². The third-order valence-electron chi connectivity index (χ3n) is 5.11. The average Bonchev–Trinajstić information content (AvgIpc) is 3.52. The number of benzene rings is 2. The number of nitro benzene ring substituents is 1. The summed E-state index contributed by atoms with van der Waals surface area (Å²) in [5.41, 5.74) is 1.58. The van der Waals surface area contributed by atoms with E-state index in [0.29, 0.717) is 30.2 Å². The van der Waals surface area contributed by atoms with Crippen molar-refractivity contribution in [2.45, 2.75) is 19.4 Å². The molecule has 0 saturated carbocycles. The Labute approximate surface area is 183 Å². The Morgan fingerprint density at radius 3 is 2.50 bits per heavy atom. The van der Waals surface area contributed by atoms with E-state index in [0.717, 1.165) is 5.56 Å². The number of hydrogen-bond acceptors (Lipinski definition) is 7. The third-order valence-corrected chi connectivity index (χ3v) is 5.11. The fraction of sp³-hybridized carbons (Fsp3) is 0.174. The molecule has 1 amide bonds. The second-order valence-electron chi connectivity index (χ2n) is 7.13. The standard InChI is InChI=1S/C23H20N4O5/c1-16(17-6-3-2-4-7-17)26(23(28)20-8-5-15-31-20)14-13-21-24-22(25-32-21)18-9-11-19(12-10-18)27(29)30/h2-12,15-16H,13-14H2,1H3/t16-/m1/s1. The number of furan rings is 1. The van der Waals surface area contributed by atoms with Crippen molar-refractivity contribution in [1.82, 2.24) is 15.0 Å². The van der Waals surface area contributed by atoms with Gasteiger partial charge in [-0.05, 0) is 36.8 Å². The minimum atomic E-state index is -0.468. The van der Waals surface area contributed by atoms with Crippen molar-refractivity contribution in [3.8, 4) is 11.4 Å². The van der Waals surface area contributed by atoms with Crippen molar-refractivity contribution in [3.05, 3.63) is 100 Å². The zero-order valence-electron chi connectivity index (χ0n) is 17.2. The molecule has 9 nitrogen and oxygen atoms in total. The molecule has 2 aromatic heterocycles. The van der Waals surface area contributed by atoms with E-state index in [-0.39, 0.29) is 23.4 Å². The van der Waals surface area contributed by atoms with Crippen LogP contribution < -0.4 is 0 Å². The van der Waals surface area contributed by atoms with E-state index in [1.807, 2.05) is 37.3 Å². The van der Waals surface area contributed by atoms with Gasteiger partial charge in [0.2, 0.25) is 11.7 Å². The first-order valence-electron chi connectivity index (χ1n) is 10.00. The largest absolute Gasteiger partial charge is 0.459 e. The molecule has 1 atom stereocenters. The van der Waals surface area contributed by atoms with Crippen LogP contribution in [-0.2, 0) is 6.42 Å². The van der Waals surface area contributed by atoms with Gasteiger partial charge in [0, 0.05) is 30.7 Å². The van der Waals surface area contributed by atoms with E-state index >= 15 is 0 Å². The Kier molecular flexibility index (Phi) is 6.07. The molecule has 0 aliphatic rings. The van der Waals surface area contributed by atoms with Crippen LogP contribution in [0.25, 0.3) is 11.4 Å². The summed E-state index contributed by atoms with van der Waals surface area (Å²) in [6.07, 6.45) is 1.80. The molecule has 4 aromatic rings. The van der Waals surface area contributed by atoms with Gasteiger partial charge in [-0.1, -0.05) is 35.5 Å². The summed E-state index contributed by atoms with van der Waals surface area (Å²) in [5, 5.41) is 14.8. The molecular weight excluding hydrogens is 412 g/mol. The van der Waals surface area contributed by atoms with Crippen molar-refractivity contribution in [3.63, 3.8) is 0 Å². The van der Waals surface area contributed by atoms with Gasteiger partial charge in [-0.25, -0.2) is 0 Å². The Morgan fingerprint density at radius 1 is 1.09 bits per heavy atom. The highest BCUT2D eigenvalue weighted by molar-refractivity contribution is 5.91. The lowest BCUT2D eigenvalue weighted by Crippen LogP contribution is -2.35. The summed E-state index contributed by atoms with van der Waals surface area (Å²) in [4.78, 5) is 29.5. The molecular formula is C23H20N4O5. The Bertz CT molecular complexity index is 1190. The van der Waals surface area contributed by atoms with Crippen LogP contribution in [0.1, 0.15) is 35.0 Å². The number of hydrogen-bond donors (Lipinski definition) is 0. The second-order valence-corrected chi connectivity index (χ2v) is 7.13. The first-order chi connectivity index (χ1) is 15.5. The van der Waals surface area contributed by atoms with Gasteiger partial charge in [-0.3, -0.25) is 14.9 Å². The summed E-state index contributed by atoms with van der Waals surface area (Å²) in [6, 6.07) is 18.7. The molecule has 2 heterocycles. The molecule has 0 aliphatic carbocycles. The Morgan fingerprint density at radius 2 is 1.84 bits per heavy atom. The predicted molar refractivity (Wildman–Crippen MR) is 115 cm³/mol. The van der Waals surface area contributed by atoms with Crippen LogP contribution in [0.4, 0.5) is 5.69 Å². The number of non-ortho nitro benzene ring substituents is 1. The monoisotopic (exact) mass is 432 g/mol. The molecule has 4 rings (SSSR count). The molecule has 0 spiro atoms. The summed E-state index contributed by atoms with van der Waals surface area (Å²) in [5.74, 6) is 0.706. The number of aromatic nitrogens is 2. The highest BCUT2D eigenvalue weighted by Gasteiger charge is 2.25. The first-order valence-corrected chi connectivity index (χ1v) is 10.00. The Hall–Kier alpha value is -4.27. The van der Waals surface area contributed by atoms with E-state index in [1.54, 1.807) is 29.2 Å². The molecule has 162 valence electrons. The SMILES string of the molecule is C[C@H](c1ccccc1)N(CCc1nc(-c2ccc([N+](=O)[O-])cc2)no1)C(=O)c1ccco1. The van der Waals surface area contributed by atoms with E-state index in [4.69, 9.17) is 8.94 Å². The van der Waals surface area contributed by atoms with Gasteiger partial charge < -0.3 is 13.8 Å². The van der Waals surface area contributed by atoms with Crippen LogP contribution in [0.15, 0.2) is 81.9 Å². The maximum atomic E-state index is 13.1. The predicted octanol–water partition coefficient (Wildman–Crippen LogP) is 4.68.